The van der Waals surface area contributed by atoms with Crippen molar-refractivity contribution in [2.45, 2.75) is 133 Å². The van der Waals surface area contributed by atoms with Gasteiger partial charge < -0.3 is 88.9 Å². The number of amides is 7. The van der Waals surface area contributed by atoms with Gasteiger partial charge in [0.1, 0.15) is 107 Å². The lowest BCUT2D eigenvalue weighted by Crippen LogP contribution is -2.38. The molecule has 12 aromatic rings. The molecule has 40 nitrogen and oxygen atoms in total. The van der Waals surface area contributed by atoms with Crippen LogP contribution in [0.4, 0.5) is 48.9 Å². The number of likely N-dealkylation sites (tertiary alicyclic amines) is 5. The Bertz CT molecular complexity index is 5790. The third-order valence-corrected chi connectivity index (χ3v) is 30.0. The normalized spacial score (nSPS) is 25.4. The molecule has 22 rings (SSSR count). The smallest absolute Gasteiger partial charge is 0.329 e. The van der Waals surface area contributed by atoms with E-state index in [9.17, 15) is 34.2 Å². The molecular weight excluding hydrogens is 1690 g/mol. The summed E-state index contributed by atoms with van der Waals surface area (Å²) in [5.74, 6) is 9.92. The Balaban J connectivity index is 0.000000109. The van der Waals surface area contributed by atoms with Gasteiger partial charge in [-0.2, -0.15) is 10.2 Å². The van der Waals surface area contributed by atoms with Crippen molar-refractivity contribution < 1.29 is 38.9 Å². The van der Waals surface area contributed by atoms with Crippen molar-refractivity contribution in [1.29, 1.82) is 5.26 Å². The van der Waals surface area contributed by atoms with Crippen LogP contribution in [0.15, 0.2) is 98.5 Å². The summed E-state index contributed by atoms with van der Waals surface area (Å²) in [5.41, 5.74) is 5.92. The predicted octanol–water partition coefficient (Wildman–Crippen LogP) is 8.34. The standard InChI is InChI=1S/C18H22N8O2S.C18H22N6O.C17H20N8OS.2C17H23N5O2/c1-25(15-13-3-4-19-14(13)20-9-21-15)12-5-10-7-26(8-11(10)6-12)18(27)23-17-22-16(28-2)24-29-17;1-23(18-15-4-6-20-17(15)21-11-22-18)14-7-12-9-24(10-13(12)8-14)16(25)3-2-5-19;1-24(15-13-2-3-18-14(13)19-8-20-15)12-4-10-6-25(7-11(10)5-12)17(26)22-16-23-21-9-27-16;2*1-10(23)17(24)22-7-11-5-13(6-12(11)8-22)21(2)16-14-3-4-18-15(14)19-9-20-16/h3-4,9-12H,5-8H2,1-2H3,(H,19,20,21)(H,22,23,24,27);4,6,11-14H,2-3,7-10H2,1H3,(H,20,21,22);2-3,8-12H,4-7H2,1H3,(H,18,19,20)(H,22,23,26);2*3-4,9-13,23H,5-8H2,1-2H3,(H,18,19,20)/t10-,11+,12?;12-,13+,14?;10-,11+,12?;2*10-,11-,12+,13?/m...10/s1. The number of hydrogen-bond donors (Lipinski definition) is 9. The zero-order valence-electron chi connectivity index (χ0n) is 73.4. The molecule has 10 fully saturated rings. The maximum Gasteiger partial charge on any atom is 0.329 e. The summed E-state index contributed by atoms with van der Waals surface area (Å²) >= 11 is 2.45. The molecule has 678 valence electrons. The van der Waals surface area contributed by atoms with Crippen molar-refractivity contribution in [1.82, 2.24) is 119 Å². The van der Waals surface area contributed by atoms with Crippen LogP contribution in [-0.2, 0) is 14.4 Å². The number of hydrogen-bond acceptors (Lipinski definition) is 30. The predicted molar refractivity (Wildman–Crippen MR) is 487 cm³/mol. The summed E-state index contributed by atoms with van der Waals surface area (Å²) in [7, 11) is 12.0. The van der Waals surface area contributed by atoms with Gasteiger partial charge in [-0.1, -0.05) is 11.3 Å². The molecule has 0 aromatic carbocycles. The monoisotopic (exact) mass is 1790 g/mol. The molecule has 10 aliphatic rings. The number of nitrogens with zero attached hydrogens (tertiary/aromatic N) is 25. The number of urea groups is 2. The average molecular weight is 1800 g/mol. The summed E-state index contributed by atoms with van der Waals surface area (Å²) in [6.45, 7) is 10.9. The van der Waals surface area contributed by atoms with E-state index in [1.807, 2.05) is 85.8 Å². The molecule has 0 bridgehead atoms. The van der Waals surface area contributed by atoms with Crippen LogP contribution >= 0.6 is 22.9 Å². The van der Waals surface area contributed by atoms with E-state index in [1.165, 1.54) is 18.4 Å². The Morgan fingerprint density at radius 2 is 0.721 bits per heavy atom. The summed E-state index contributed by atoms with van der Waals surface area (Å²) in [6, 6.07) is 14.4. The lowest BCUT2D eigenvalue weighted by Gasteiger charge is -2.28. The van der Waals surface area contributed by atoms with Crippen molar-refractivity contribution in [3.05, 3.63) is 98.5 Å². The van der Waals surface area contributed by atoms with Gasteiger partial charge >= 0.3 is 18.1 Å². The zero-order valence-corrected chi connectivity index (χ0v) is 75.1. The van der Waals surface area contributed by atoms with Gasteiger partial charge in [0.15, 0.2) is 0 Å². The van der Waals surface area contributed by atoms with Crippen molar-refractivity contribution in [3.63, 3.8) is 0 Å². The lowest BCUT2D eigenvalue weighted by molar-refractivity contribution is -0.139. The maximum atomic E-state index is 12.6. The molecule has 5 aliphatic heterocycles. The van der Waals surface area contributed by atoms with Crippen LogP contribution in [0.3, 0.4) is 0 Å². The van der Waals surface area contributed by atoms with Gasteiger partial charge in [0, 0.05) is 186 Å². The fraction of sp³-hybridized carbons (Fsp3) is 0.540. The van der Waals surface area contributed by atoms with Gasteiger partial charge in [0.2, 0.25) is 16.2 Å². The van der Waals surface area contributed by atoms with Gasteiger partial charge in [-0.15, -0.1) is 14.6 Å². The number of aliphatic hydroxyl groups is 2. The third-order valence-electron chi connectivity index (χ3n) is 28.8. The number of fused-ring (bicyclic) bond motifs is 10. The van der Waals surface area contributed by atoms with Crippen LogP contribution in [-0.4, -0.2) is 309 Å². The van der Waals surface area contributed by atoms with Crippen LogP contribution < -0.4 is 39.9 Å². The first-order chi connectivity index (χ1) is 62.6. The minimum absolute atomic E-state index is 0.0733. The molecule has 5 saturated carbocycles. The second-order valence-electron chi connectivity index (χ2n) is 36.3. The Morgan fingerprint density at radius 3 is 0.977 bits per heavy atom. The molecular formula is C87H110N32O8S2. The van der Waals surface area contributed by atoms with E-state index in [0.29, 0.717) is 112 Å². The fourth-order valence-corrected chi connectivity index (χ4v) is 23.1. The number of H-pyrrole nitrogens is 5. The number of carbonyl (C=O) groups excluding carboxylic acids is 5. The molecule has 5 aliphatic carbocycles. The second kappa shape index (κ2) is 37.6. The maximum absolute atomic E-state index is 12.6. The number of aromatic amines is 5. The van der Waals surface area contributed by atoms with Crippen molar-refractivity contribution >= 4 is 147 Å². The number of ether oxygens (including phenoxy) is 1. The number of rotatable bonds is 17. The van der Waals surface area contributed by atoms with Crippen LogP contribution in [0.1, 0.15) is 90.9 Å². The highest BCUT2D eigenvalue weighted by Gasteiger charge is 2.50. The zero-order chi connectivity index (χ0) is 89.4. The Labute approximate surface area is 752 Å². The minimum atomic E-state index is -0.898. The first-order valence-corrected chi connectivity index (χ1v) is 46.1. The SMILES string of the molecule is CN(c1ncnc2[nH]ccc12)C1C[C@@H]2CN(C(=O)CCC#N)C[C@@H]2C1.CN(c1ncnc2[nH]ccc12)C1C[C@@H]2CN(C(=O)Nc3nncs3)C[C@@H]2C1.COc1nsc(NC(=O)N2C[C@H]3CC(N(C)c4ncnc5[nH]ccc45)C[C@H]3C2)n1.C[C@@H](O)C(=O)N1C[C@H]2CC(N(C)c3ncnc4[nH]ccc34)C[C@H]2C1.C[C@H](O)C(=O)N1C[C@H]2CC(N(C)c3ncnc4[nH]ccc34)C[C@H]2C1. The van der Waals surface area contributed by atoms with Gasteiger partial charge in [-0.3, -0.25) is 25.0 Å². The quantitative estimate of drug-likeness (QED) is 0.0413. The molecule has 7 amide bonds. The van der Waals surface area contributed by atoms with Crippen molar-refractivity contribution in [2.75, 3.05) is 143 Å². The van der Waals surface area contributed by atoms with Crippen molar-refractivity contribution in [3.8, 4) is 12.1 Å². The summed E-state index contributed by atoms with van der Waals surface area (Å²) in [6.07, 6.45) is 27.0. The first-order valence-electron chi connectivity index (χ1n) is 44.5. The average Bonchev–Trinajstić information content (AvgIpc) is 1.66. The molecule has 0 spiro atoms. The second-order valence-corrected chi connectivity index (χ2v) is 37.8. The van der Waals surface area contributed by atoms with E-state index in [4.69, 9.17) is 10.00 Å². The van der Waals surface area contributed by atoms with E-state index in [1.54, 1.807) is 51.0 Å². The van der Waals surface area contributed by atoms with Gasteiger partial charge in [0.25, 0.3) is 11.8 Å². The molecule has 5 unspecified atom stereocenters. The van der Waals surface area contributed by atoms with Crippen LogP contribution in [0, 0.1) is 70.5 Å². The molecule has 42 heteroatoms. The van der Waals surface area contributed by atoms with E-state index < -0.39 is 12.2 Å². The third kappa shape index (κ3) is 18.2. The lowest BCUT2D eigenvalue weighted by atomic mass is 10.0. The number of carbonyl (C=O) groups is 5. The fourth-order valence-electron chi connectivity index (χ4n) is 22.1. The van der Waals surface area contributed by atoms with Crippen LogP contribution in [0.25, 0.3) is 55.2 Å². The number of aromatic nitrogens is 19. The molecule has 129 heavy (non-hydrogen) atoms. The van der Waals surface area contributed by atoms with E-state index in [-0.39, 0.29) is 35.8 Å². The molecule has 17 heterocycles. The van der Waals surface area contributed by atoms with E-state index >= 15 is 0 Å². The van der Waals surface area contributed by atoms with Gasteiger partial charge in [-0.25, -0.2) is 59.4 Å². The van der Waals surface area contributed by atoms with E-state index in [0.717, 1.165) is 225 Å². The molecule has 5 saturated heterocycles. The molecule has 17 atom stereocenters. The Morgan fingerprint density at radius 1 is 0.442 bits per heavy atom. The highest BCUT2D eigenvalue weighted by molar-refractivity contribution is 7.13. The highest BCUT2D eigenvalue weighted by atomic mass is 32.1. The largest absolute Gasteiger partial charge is 0.466 e. The summed E-state index contributed by atoms with van der Waals surface area (Å²) < 4.78 is 8.97. The van der Waals surface area contributed by atoms with Gasteiger partial charge in [0.05, 0.1) is 40.1 Å². The van der Waals surface area contributed by atoms with Gasteiger partial charge in [-0.05, 0) is 168 Å². The molecule has 9 N–H and O–H groups in total. The number of aliphatic hydroxyl groups excluding tert-OH is 2. The van der Waals surface area contributed by atoms with Crippen LogP contribution in [0.2, 0.25) is 0 Å². The Kier molecular flexibility index (Phi) is 25.4. The highest BCUT2D eigenvalue weighted by Crippen LogP contribution is 2.48. The molecule has 0 radical (unpaired) electrons. The summed E-state index contributed by atoms with van der Waals surface area (Å²) in [5, 5.41) is 47.2. The number of nitrogens with one attached hydrogen (secondary N) is 7. The van der Waals surface area contributed by atoms with Crippen molar-refractivity contribution in [2.24, 2.45) is 59.2 Å². The Hall–Kier alpha value is -12.6. The first kappa shape index (κ1) is 87.1. The van der Waals surface area contributed by atoms with E-state index in [2.05, 4.69) is 171 Å². The molecule has 12 aromatic heterocycles. The topological polar surface area (TPSA) is 475 Å². The summed E-state index contributed by atoms with van der Waals surface area (Å²) in [4.78, 5) is 145. The number of nitriles is 1. The number of anilines is 7. The number of methoxy groups -OCH3 is 1. The van der Waals surface area contributed by atoms with Crippen LogP contribution in [0.5, 0.6) is 6.01 Å². The minimum Gasteiger partial charge on any atom is -0.466 e.